The minimum absolute atomic E-state index is 0.0782. The second kappa shape index (κ2) is 10.9. The average molecular weight is 289 g/mol. The molecule has 1 amide bonds. The number of unbranched alkanes of at least 4 members (excludes halogenated alkanes) is 4. The summed E-state index contributed by atoms with van der Waals surface area (Å²) in [5.74, 6) is -0.0782. The minimum Gasteiger partial charge on any atom is -0.362 e. The van der Waals surface area contributed by atoms with Crippen LogP contribution in [0.25, 0.3) is 0 Å². The van der Waals surface area contributed by atoms with Gasteiger partial charge < -0.3 is 4.90 Å². The molecule has 0 radical (unpaired) electrons. The molecule has 0 aromatic heterocycles. The molecule has 0 saturated heterocycles. The van der Waals surface area contributed by atoms with Crippen LogP contribution in [-0.4, -0.2) is 25.2 Å². The van der Waals surface area contributed by atoms with E-state index in [0.29, 0.717) is 6.54 Å². The van der Waals surface area contributed by atoms with Gasteiger partial charge in [-0.3, -0.25) is 4.79 Å². The Balaban J connectivity index is 2.27. The molecule has 0 bridgehead atoms. The van der Waals surface area contributed by atoms with E-state index in [4.69, 9.17) is 0 Å². The topological polar surface area (TPSA) is 44.7 Å². The molecule has 4 nitrogen and oxygen atoms in total. The predicted octanol–water partition coefficient (Wildman–Crippen LogP) is 3.59. The standard InChI is InChI=1S/C17H27N3O/c1-3-5-6-7-11-14-18-19-17(21)15-20(4-2)16-12-9-8-10-13-16/h8-10,12-14H,3-7,11,15H2,1-2H3,(H,19,21). The second-order valence-corrected chi connectivity index (χ2v) is 5.05. The first-order chi connectivity index (χ1) is 10.3. The summed E-state index contributed by atoms with van der Waals surface area (Å²) in [4.78, 5) is 13.9. The molecular formula is C17H27N3O. The molecule has 4 heteroatoms. The number of nitrogens with zero attached hydrogens (tertiary/aromatic N) is 2. The highest BCUT2D eigenvalue weighted by atomic mass is 16.2. The van der Waals surface area contributed by atoms with E-state index in [2.05, 4.69) is 17.5 Å². The van der Waals surface area contributed by atoms with Crippen molar-refractivity contribution in [1.29, 1.82) is 0 Å². The number of amides is 1. The summed E-state index contributed by atoms with van der Waals surface area (Å²) in [5.41, 5.74) is 3.65. The van der Waals surface area contributed by atoms with E-state index >= 15 is 0 Å². The molecule has 0 unspecified atom stereocenters. The van der Waals surface area contributed by atoms with E-state index in [1.54, 1.807) is 6.21 Å². The number of benzene rings is 1. The van der Waals surface area contributed by atoms with Crippen LogP contribution in [0.3, 0.4) is 0 Å². The van der Waals surface area contributed by atoms with Crippen molar-refractivity contribution in [1.82, 2.24) is 5.43 Å². The Morgan fingerprint density at radius 2 is 1.95 bits per heavy atom. The molecule has 116 valence electrons. The van der Waals surface area contributed by atoms with Gasteiger partial charge in [-0.2, -0.15) is 5.10 Å². The maximum Gasteiger partial charge on any atom is 0.259 e. The monoisotopic (exact) mass is 289 g/mol. The number of carbonyl (C=O) groups excluding carboxylic acids is 1. The Morgan fingerprint density at radius 3 is 2.62 bits per heavy atom. The second-order valence-electron chi connectivity index (χ2n) is 5.05. The van der Waals surface area contributed by atoms with E-state index in [1.165, 1.54) is 19.3 Å². The number of nitrogens with one attached hydrogen (secondary N) is 1. The number of hydrogen-bond donors (Lipinski definition) is 1. The van der Waals surface area contributed by atoms with Gasteiger partial charge in [0.25, 0.3) is 5.91 Å². The van der Waals surface area contributed by atoms with Crippen molar-refractivity contribution in [3.63, 3.8) is 0 Å². The first kappa shape index (κ1) is 17.2. The summed E-state index contributed by atoms with van der Waals surface area (Å²) >= 11 is 0. The Kier molecular flexibility index (Phi) is 8.93. The number of rotatable bonds is 10. The third-order valence-corrected chi connectivity index (χ3v) is 3.30. The van der Waals surface area contributed by atoms with Gasteiger partial charge in [-0.15, -0.1) is 0 Å². The third-order valence-electron chi connectivity index (χ3n) is 3.30. The molecule has 0 atom stereocenters. The molecule has 1 aromatic carbocycles. The van der Waals surface area contributed by atoms with E-state index in [-0.39, 0.29) is 5.91 Å². The fourth-order valence-electron chi connectivity index (χ4n) is 2.08. The Morgan fingerprint density at radius 1 is 1.19 bits per heavy atom. The van der Waals surface area contributed by atoms with Crippen molar-refractivity contribution < 1.29 is 4.79 Å². The van der Waals surface area contributed by atoms with Gasteiger partial charge in [-0.25, -0.2) is 5.43 Å². The van der Waals surface area contributed by atoms with Crippen LogP contribution in [-0.2, 0) is 4.79 Å². The van der Waals surface area contributed by atoms with Gasteiger partial charge in [0, 0.05) is 18.4 Å². The summed E-state index contributed by atoms with van der Waals surface area (Å²) in [6, 6.07) is 9.94. The lowest BCUT2D eigenvalue weighted by Crippen LogP contribution is -2.35. The van der Waals surface area contributed by atoms with Crippen molar-refractivity contribution in [2.24, 2.45) is 5.10 Å². The predicted molar refractivity (Wildman–Crippen MR) is 89.7 cm³/mol. The van der Waals surface area contributed by atoms with Crippen LogP contribution in [0.2, 0.25) is 0 Å². The smallest absolute Gasteiger partial charge is 0.259 e. The zero-order chi connectivity index (χ0) is 15.3. The van der Waals surface area contributed by atoms with Crippen LogP contribution in [0.4, 0.5) is 5.69 Å². The van der Waals surface area contributed by atoms with Gasteiger partial charge in [0.2, 0.25) is 0 Å². The van der Waals surface area contributed by atoms with Crippen LogP contribution in [0.15, 0.2) is 35.4 Å². The van der Waals surface area contributed by atoms with Crippen molar-refractivity contribution in [3.8, 4) is 0 Å². The average Bonchev–Trinajstić information content (AvgIpc) is 2.52. The zero-order valence-corrected chi connectivity index (χ0v) is 13.2. The quantitative estimate of drug-likeness (QED) is 0.406. The Bertz CT molecular complexity index is 417. The normalized spacial score (nSPS) is 10.8. The molecule has 0 saturated carbocycles. The molecule has 0 aliphatic heterocycles. The zero-order valence-electron chi connectivity index (χ0n) is 13.2. The molecular weight excluding hydrogens is 262 g/mol. The van der Waals surface area contributed by atoms with E-state index in [1.807, 2.05) is 42.2 Å². The largest absolute Gasteiger partial charge is 0.362 e. The molecule has 21 heavy (non-hydrogen) atoms. The van der Waals surface area contributed by atoms with Gasteiger partial charge in [0.15, 0.2) is 0 Å². The molecule has 0 heterocycles. The maximum absolute atomic E-state index is 11.9. The number of anilines is 1. The summed E-state index contributed by atoms with van der Waals surface area (Å²) in [6.45, 7) is 5.35. The Hall–Kier alpha value is -1.84. The number of carbonyl (C=O) groups is 1. The molecule has 0 aliphatic rings. The molecule has 1 rings (SSSR count). The maximum atomic E-state index is 11.9. The fourth-order valence-corrected chi connectivity index (χ4v) is 2.08. The van der Waals surface area contributed by atoms with Gasteiger partial charge in [-0.1, -0.05) is 44.4 Å². The number of hydrazone groups is 1. The van der Waals surface area contributed by atoms with Crippen molar-refractivity contribution in [2.45, 2.75) is 46.0 Å². The third kappa shape index (κ3) is 7.49. The lowest BCUT2D eigenvalue weighted by Gasteiger charge is -2.21. The number of hydrogen-bond acceptors (Lipinski definition) is 3. The summed E-state index contributed by atoms with van der Waals surface area (Å²) in [5, 5.41) is 4.00. The van der Waals surface area contributed by atoms with Crippen LogP contribution in [0.5, 0.6) is 0 Å². The summed E-state index contributed by atoms with van der Waals surface area (Å²) in [6.07, 6.45) is 7.60. The van der Waals surface area contributed by atoms with Crippen LogP contribution in [0.1, 0.15) is 46.0 Å². The fraction of sp³-hybridized carbons (Fsp3) is 0.529. The molecule has 1 aromatic rings. The number of likely N-dealkylation sites (N-methyl/N-ethyl adjacent to an activating group) is 1. The first-order valence-corrected chi connectivity index (χ1v) is 7.88. The molecule has 0 spiro atoms. The van der Waals surface area contributed by atoms with Crippen LogP contribution in [0, 0.1) is 0 Å². The SMILES string of the molecule is CCCCCCC=NNC(=O)CN(CC)c1ccccc1. The van der Waals surface area contributed by atoms with Gasteiger partial charge in [-0.05, 0) is 31.9 Å². The van der Waals surface area contributed by atoms with Gasteiger partial charge in [0.05, 0.1) is 6.54 Å². The minimum atomic E-state index is -0.0782. The van der Waals surface area contributed by atoms with Gasteiger partial charge in [0.1, 0.15) is 0 Å². The van der Waals surface area contributed by atoms with Gasteiger partial charge >= 0.3 is 0 Å². The van der Waals surface area contributed by atoms with E-state index in [9.17, 15) is 4.79 Å². The highest BCUT2D eigenvalue weighted by Gasteiger charge is 2.08. The van der Waals surface area contributed by atoms with Crippen molar-refractivity contribution >= 4 is 17.8 Å². The van der Waals surface area contributed by atoms with E-state index < -0.39 is 0 Å². The lowest BCUT2D eigenvalue weighted by molar-refractivity contribution is -0.119. The lowest BCUT2D eigenvalue weighted by atomic mass is 10.2. The summed E-state index contributed by atoms with van der Waals surface area (Å²) in [7, 11) is 0. The van der Waals surface area contributed by atoms with Crippen molar-refractivity contribution in [3.05, 3.63) is 30.3 Å². The Labute approximate surface area is 128 Å². The molecule has 0 aliphatic carbocycles. The summed E-state index contributed by atoms with van der Waals surface area (Å²) < 4.78 is 0. The first-order valence-electron chi connectivity index (χ1n) is 7.88. The van der Waals surface area contributed by atoms with Crippen LogP contribution >= 0.6 is 0 Å². The highest BCUT2D eigenvalue weighted by Crippen LogP contribution is 2.11. The van der Waals surface area contributed by atoms with E-state index in [0.717, 1.165) is 25.1 Å². The van der Waals surface area contributed by atoms with Crippen molar-refractivity contribution in [2.75, 3.05) is 18.0 Å². The highest BCUT2D eigenvalue weighted by molar-refractivity contribution is 5.81. The van der Waals surface area contributed by atoms with Crippen LogP contribution < -0.4 is 10.3 Å². The number of para-hydroxylation sites is 1. The molecule has 1 N–H and O–H groups in total. The molecule has 0 fully saturated rings.